The van der Waals surface area contributed by atoms with Crippen molar-refractivity contribution in [2.75, 3.05) is 37.8 Å². The van der Waals surface area contributed by atoms with Gasteiger partial charge in [-0.25, -0.2) is 0 Å². The Bertz CT molecular complexity index is 377. The van der Waals surface area contributed by atoms with Gasteiger partial charge in [0.15, 0.2) is 0 Å². The molecule has 0 aliphatic carbocycles. The SMILES string of the molecule is CNc1nc(Cl)nc(NC2CCN(C)CC2)n1. The molecule has 0 bridgehead atoms. The van der Waals surface area contributed by atoms with Gasteiger partial charge in [0.05, 0.1) is 0 Å². The number of rotatable bonds is 3. The Morgan fingerprint density at radius 1 is 1.18 bits per heavy atom. The van der Waals surface area contributed by atoms with Crippen LogP contribution in [-0.4, -0.2) is 53.1 Å². The van der Waals surface area contributed by atoms with E-state index in [-0.39, 0.29) is 5.28 Å². The van der Waals surface area contributed by atoms with Crippen molar-refractivity contribution in [3.8, 4) is 0 Å². The van der Waals surface area contributed by atoms with Crippen LogP contribution in [0.2, 0.25) is 5.28 Å². The summed E-state index contributed by atoms with van der Waals surface area (Å²) in [5.74, 6) is 1.03. The lowest BCUT2D eigenvalue weighted by Crippen LogP contribution is -2.37. The predicted octanol–water partition coefficient (Wildman–Crippen LogP) is 1.07. The molecule has 0 aromatic carbocycles. The van der Waals surface area contributed by atoms with Crippen molar-refractivity contribution >= 4 is 23.5 Å². The topological polar surface area (TPSA) is 66.0 Å². The number of hydrogen-bond acceptors (Lipinski definition) is 6. The number of nitrogens with one attached hydrogen (secondary N) is 2. The summed E-state index contributed by atoms with van der Waals surface area (Å²) in [5.41, 5.74) is 0. The molecule has 0 saturated carbocycles. The van der Waals surface area contributed by atoms with Crippen LogP contribution in [0.5, 0.6) is 0 Å². The highest BCUT2D eigenvalue weighted by Crippen LogP contribution is 2.15. The maximum Gasteiger partial charge on any atom is 0.229 e. The zero-order valence-corrected chi connectivity index (χ0v) is 10.8. The molecule has 1 aromatic rings. The van der Waals surface area contributed by atoms with Crippen LogP contribution in [0, 0.1) is 0 Å². The van der Waals surface area contributed by atoms with Crippen molar-refractivity contribution in [1.82, 2.24) is 19.9 Å². The van der Waals surface area contributed by atoms with E-state index >= 15 is 0 Å². The average Bonchev–Trinajstić information content (AvgIpc) is 2.31. The van der Waals surface area contributed by atoms with E-state index in [2.05, 4.69) is 37.5 Å². The van der Waals surface area contributed by atoms with Gasteiger partial charge in [0, 0.05) is 13.1 Å². The molecule has 1 fully saturated rings. The minimum atomic E-state index is 0.208. The van der Waals surface area contributed by atoms with Gasteiger partial charge in [0.1, 0.15) is 0 Å². The van der Waals surface area contributed by atoms with Crippen molar-refractivity contribution in [2.45, 2.75) is 18.9 Å². The molecular formula is C10H17ClN6. The van der Waals surface area contributed by atoms with Gasteiger partial charge < -0.3 is 15.5 Å². The summed E-state index contributed by atoms with van der Waals surface area (Å²) in [4.78, 5) is 14.6. The predicted molar refractivity (Wildman–Crippen MR) is 68.5 cm³/mol. The maximum absolute atomic E-state index is 5.82. The molecule has 94 valence electrons. The van der Waals surface area contributed by atoms with Crippen molar-refractivity contribution in [1.29, 1.82) is 0 Å². The third-order valence-corrected chi connectivity index (χ3v) is 3.05. The second-order valence-corrected chi connectivity index (χ2v) is 4.56. The van der Waals surface area contributed by atoms with Crippen molar-refractivity contribution < 1.29 is 0 Å². The van der Waals surface area contributed by atoms with E-state index in [1.165, 1.54) is 0 Å². The molecule has 2 rings (SSSR count). The number of aromatic nitrogens is 3. The lowest BCUT2D eigenvalue weighted by molar-refractivity contribution is 0.263. The molecule has 17 heavy (non-hydrogen) atoms. The van der Waals surface area contributed by atoms with Crippen LogP contribution in [0.15, 0.2) is 0 Å². The molecule has 7 heteroatoms. The first-order valence-corrected chi connectivity index (χ1v) is 6.09. The fourth-order valence-electron chi connectivity index (χ4n) is 1.86. The number of piperidine rings is 1. The van der Waals surface area contributed by atoms with E-state index in [0.29, 0.717) is 17.9 Å². The third-order valence-electron chi connectivity index (χ3n) is 2.88. The van der Waals surface area contributed by atoms with Gasteiger partial charge in [-0.3, -0.25) is 0 Å². The molecule has 0 unspecified atom stereocenters. The molecule has 1 aliphatic rings. The Kier molecular flexibility index (Phi) is 3.96. The lowest BCUT2D eigenvalue weighted by atomic mass is 10.1. The van der Waals surface area contributed by atoms with Crippen LogP contribution in [-0.2, 0) is 0 Å². The Morgan fingerprint density at radius 2 is 1.82 bits per heavy atom. The summed E-state index contributed by atoms with van der Waals surface area (Å²) in [5, 5.41) is 6.37. The van der Waals surface area contributed by atoms with Gasteiger partial charge in [-0.15, -0.1) is 0 Å². The second-order valence-electron chi connectivity index (χ2n) is 4.22. The minimum absolute atomic E-state index is 0.208. The van der Waals surface area contributed by atoms with E-state index in [4.69, 9.17) is 11.6 Å². The van der Waals surface area contributed by atoms with E-state index in [9.17, 15) is 0 Å². The zero-order chi connectivity index (χ0) is 12.3. The fraction of sp³-hybridized carbons (Fsp3) is 0.700. The summed E-state index contributed by atoms with van der Waals surface area (Å²) >= 11 is 5.82. The van der Waals surface area contributed by atoms with Crippen LogP contribution in [0.3, 0.4) is 0 Å². The Hall–Kier alpha value is -1.14. The smallest absolute Gasteiger partial charge is 0.229 e. The first-order valence-electron chi connectivity index (χ1n) is 5.72. The standard InChI is InChI=1S/C10H17ClN6/c1-12-9-14-8(11)15-10(16-9)13-7-3-5-17(2)6-4-7/h7H,3-6H2,1-2H3,(H2,12,13,14,15,16). The molecule has 1 aliphatic heterocycles. The van der Waals surface area contributed by atoms with Gasteiger partial charge >= 0.3 is 0 Å². The van der Waals surface area contributed by atoms with Crippen LogP contribution in [0.25, 0.3) is 0 Å². The Labute approximate surface area is 106 Å². The number of halogens is 1. The molecule has 6 nitrogen and oxygen atoms in total. The van der Waals surface area contributed by atoms with Crippen LogP contribution >= 0.6 is 11.6 Å². The van der Waals surface area contributed by atoms with Crippen molar-refractivity contribution in [3.05, 3.63) is 5.28 Å². The van der Waals surface area contributed by atoms with Crippen molar-refractivity contribution in [2.24, 2.45) is 0 Å². The van der Waals surface area contributed by atoms with Crippen LogP contribution in [0.1, 0.15) is 12.8 Å². The highest BCUT2D eigenvalue weighted by molar-refractivity contribution is 6.28. The summed E-state index contributed by atoms with van der Waals surface area (Å²) in [7, 11) is 3.89. The van der Waals surface area contributed by atoms with Gasteiger partial charge in [0.25, 0.3) is 0 Å². The number of hydrogen-bond donors (Lipinski definition) is 2. The maximum atomic E-state index is 5.82. The van der Waals surface area contributed by atoms with Crippen molar-refractivity contribution in [3.63, 3.8) is 0 Å². The van der Waals surface area contributed by atoms with E-state index in [1.54, 1.807) is 7.05 Å². The Morgan fingerprint density at radius 3 is 2.47 bits per heavy atom. The summed E-state index contributed by atoms with van der Waals surface area (Å²) in [6.07, 6.45) is 2.18. The zero-order valence-electron chi connectivity index (χ0n) is 10.1. The van der Waals surface area contributed by atoms with Gasteiger partial charge in [-0.05, 0) is 44.6 Å². The van der Waals surface area contributed by atoms with Gasteiger partial charge in [-0.2, -0.15) is 15.0 Å². The minimum Gasteiger partial charge on any atom is -0.357 e. The second kappa shape index (κ2) is 5.46. The van der Waals surface area contributed by atoms with Gasteiger partial charge in [0.2, 0.25) is 17.2 Å². The molecule has 0 amide bonds. The lowest BCUT2D eigenvalue weighted by Gasteiger charge is -2.29. The monoisotopic (exact) mass is 256 g/mol. The molecular weight excluding hydrogens is 240 g/mol. The van der Waals surface area contributed by atoms with Gasteiger partial charge in [-0.1, -0.05) is 0 Å². The molecule has 0 radical (unpaired) electrons. The van der Waals surface area contributed by atoms with E-state index in [0.717, 1.165) is 25.9 Å². The third kappa shape index (κ3) is 3.41. The molecule has 1 saturated heterocycles. The molecule has 0 atom stereocenters. The highest BCUT2D eigenvalue weighted by Gasteiger charge is 2.17. The number of nitrogens with zero attached hydrogens (tertiary/aromatic N) is 4. The normalized spacial score (nSPS) is 18.1. The number of anilines is 2. The van der Waals surface area contributed by atoms with Crippen LogP contribution < -0.4 is 10.6 Å². The molecule has 1 aromatic heterocycles. The summed E-state index contributed by atoms with van der Waals surface area (Å²) < 4.78 is 0. The first-order chi connectivity index (χ1) is 8.17. The van der Waals surface area contributed by atoms with Crippen LogP contribution in [0.4, 0.5) is 11.9 Å². The summed E-state index contributed by atoms with van der Waals surface area (Å²) in [6.45, 7) is 2.19. The Balaban J connectivity index is 2.00. The van der Waals surface area contributed by atoms with E-state index in [1.807, 2.05) is 0 Å². The largest absolute Gasteiger partial charge is 0.357 e. The highest BCUT2D eigenvalue weighted by atomic mass is 35.5. The van der Waals surface area contributed by atoms with E-state index < -0.39 is 0 Å². The first kappa shape index (κ1) is 12.3. The molecule has 0 spiro atoms. The quantitative estimate of drug-likeness (QED) is 0.844. The average molecular weight is 257 g/mol. The molecule has 2 heterocycles. The molecule has 2 N–H and O–H groups in total. The fourth-order valence-corrected chi connectivity index (χ4v) is 2.02. The summed E-state index contributed by atoms with van der Waals surface area (Å²) in [6, 6.07) is 0.411. The number of likely N-dealkylation sites (tertiary alicyclic amines) is 1.